The molecule has 1 aromatic carbocycles. The van der Waals surface area contributed by atoms with Gasteiger partial charge in [0.15, 0.2) is 0 Å². The Morgan fingerprint density at radius 2 is 2.15 bits per heavy atom. The highest BCUT2D eigenvalue weighted by atomic mass is 35.5. The molecule has 1 aliphatic rings. The molecule has 0 radical (unpaired) electrons. The van der Waals surface area contributed by atoms with E-state index in [0.717, 1.165) is 17.8 Å². The molecular formula is C19H19ClN4O2. The molecule has 26 heavy (non-hydrogen) atoms. The topological polar surface area (TPSA) is 71.3 Å². The molecule has 1 saturated heterocycles. The lowest BCUT2D eigenvalue weighted by Crippen LogP contribution is -2.48. The highest BCUT2D eigenvalue weighted by Gasteiger charge is 2.31. The van der Waals surface area contributed by atoms with Crippen molar-refractivity contribution in [1.82, 2.24) is 20.4 Å². The van der Waals surface area contributed by atoms with Gasteiger partial charge in [0.25, 0.3) is 11.6 Å². The van der Waals surface area contributed by atoms with Gasteiger partial charge in [-0.15, -0.1) is 0 Å². The molecule has 7 heteroatoms. The third-order valence-electron chi connectivity index (χ3n) is 4.74. The van der Waals surface area contributed by atoms with E-state index < -0.39 is 0 Å². The Morgan fingerprint density at radius 1 is 1.35 bits per heavy atom. The van der Waals surface area contributed by atoms with E-state index in [1.807, 2.05) is 43.0 Å². The van der Waals surface area contributed by atoms with E-state index in [9.17, 15) is 4.79 Å². The molecule has 3 heterocycles. The number of nitrogens with zero attached hydrogens (tertiary/aromatic N) is 3. The summed E-state index contributed by atoms with van der Waals surface area (Å²) in [4.78, 5) is 19.7. The van der Waals surface area contributed by atoms with Gasteiger partial charge in [-0.3, -0.25) is 4.79 Å². The van der Waals surface area contributed by atoms with Crippen molar-refractivity contribution in [3.8, 4) is 0 Å². The first kappa shape index (κ1) is 17.0. The first-order chi connectivity index (χ1) is 12.6. The van der Waals surface area contributed by atoms with Gasteiger partial charge in [-0.2, -0.15) is 0 Å². The van der Waals surface area contributed by atoms with Crippen molar-refractivity contribution in [3.63, 3.8) is 0 Å². The van der Waals surface area contributed by atoms with Crippen molar-refractivity contribution >= 4 is 28.6 Å². The van der Waals surface area contributed by atoms with Crippen molar-refractivity contribution in [2.24, 2.45) is 0 Å². The highest BCUT2D eigenvalue weighted by molar-refractivity contribution is 6.31. The maximum Gasteiger partial charge on any atom is 0.258 e. The SMILES string of the molecule is Cc1cc(C(=O)N2CCNCC2c2ccccc2Cl)c2c(C)noc2n1. The number of hydrogen-bond donors (Lipinski definition) is 1. The number of benzene rings is 1. The Hall–Kier alpha value is -2.44. The zero-order valence-corrected chi connectivity index (χ0v) is 15.4. The van der Waals surface area contributed by atoms with Crippen LogP contribution in [0.2, 0.25) is 5.02 Å². The second kappa shape index (κ2) is 6.70. The zero-order valence-electron chi connectivity index (χ0n) is 14.6. The molecule has 0 aliphatic carbocycles. The van der Waals surface area contributed by atoms with Crippen molar-refractivity contribution < 1.29 is 9.32 Å². The predicted octanol–water partition coefficient (Wildman–Crippen LogP) is 3.28. The maximum atomic E-state index is 13.5. The molecule has 4 rings (SSSR count). The molecule has 2 aromatic heterocycles. The third kappa shape index (κ3) is 2.85. The number of aromatic nitrogens is 2. The van der Waals surface area contributed by atoms with E-state index in [0.29, 0.717) is 40.5 Å². The predicted molar refractivity (Wildman–Crippen MR) is 99.4 cm³/mol. The number of fused-ring (bicyclic) bond motifs is 1. The Bertz CT molecular complexity index is 985. The van der Waals surface area contributed by atoms with E-state index in [1.165, 1.54) is 0 Å². The molecule has 1 atom stereocenters. The Labute approximate surface area is 156 Å². The summed E-state index contributed by atoms with van der Waals surface area (Å²) >= 11 is 6.40. The van der Waals surface area contributed by atoms with E-state index >= 15 is 0 Å². The van der Waals surface area contributed by atoms with Crippen LogP contribution in [0.1, 0.15) is 33.4 Å². The zero-order chi connectivity index (χ0) is 18.3. The van der Waals surface area contributed by atoms with Gasteiger partial charge in [0.05, 0.1) is 22.7 Å². The fourth-order valence-electron chi connectivity index (χ4n) is 3.51. The van der Waals surface area contributed by atoms with E-state index in [1.54, 1.807) is 6.07 Å². The second-order valence-corrected chi connectivity index (χ2v) is 6.91. The summed E-state index contributed by atoms with van der Waals surface area (Å²) in [7, 11) is 0. The number of carbonyl (C=O) groups excluding carboxylic acids is 1. The van der Waals surface area contributed by atoms with Crippen molar-refractivity contribution in [1.29, 1.82) is 0 Å². The number of nitrogens with one attached hydrogen (secondary N) is 1. The van der Waals surface area contributed by atoms with Crippen molar-refractivity contribution in [2.45, 2.75) is 19.9 Å². The standard InChI is InChI=1S/C19H19ClN4O2/c1-11-9-14(17-12(2)23-26-18(17)22-11)19(25)24-8-7-21-10-16(24)13-5-3-4-6-15(13)20/h3-6,9,16,21H,7-8,10H2,1-2H3. The fraction of sp³-hybridized carbons (Fsp3) is 0.316. The minimum atomic E-state index is -0.131. The number of carbonyl (C=O) groups is 1. The summed E-state index contributed by atoms with van der Waals surface area (Å²) < 4.78 is 5.27. The first-order valence-corrected chi connectivity index (χ1v) is 8.94. The summed E-state index contributed by atoms with van der Waals surface area (Å²) in [5.41, 5.74) is 3.31. The normalized spacial score (nSPS) is 17.7. The number of hydrogen-bond acceptors (Lipinski definition) is 5. The lowest BCUT2D eigenvalue weighted by molar-refractivity contribution is 0.0636. The van der Waals surface area contributed by atoms with Gasteiger partial charge in [0.1, 0.15) is 0 Å². The smallest absolute Gasteiger partial charge is 0.258 e. The summed E-state index contributed by atoms with van der Waals surface area (Å²) in [5, 5.41) is 8.67. The van der Waals surface area contributed by atoms with Gasteiger partial charge in [0, 0.05) is 30.4 Å². The van der Waals surface area contributed by atoms with Crippen LogP contribution >= 0.6 is 11.6 Å². The molecule has 1 aliphatic heterocycles. The number of piperazine rings is 1. The van der Waals surface area contributed by atoms with Crippen LogP contribution in [0, 0.1) is 13.8 Å². The summed E-state index contributed by atoms with van der Waals surface area (Å²) in [6, 6.07) is 9.34. The summed E-state index contributed by atoms with van der Waals surface area (Å²) in [5.74, 6) is -0.0572. The molecule has 0 saturated carbocycles. The Kier molecular flexibility index (Phi) is 4.38. The highest BCUT2D eigenvalue weighted by Crippen LogP contribution is 2.31. The van der Waals surface area contributed by atoms with Crippen LogP contribution in [-0.2, 0) is 0 Å². The minimum absolute atomic E-state index is 0.0572. The summed E-state index contributed by atoms with van der Waals surface area (Å²) in [6.07, 6.45) is 0. The molecule has 1 amide bonds. The molecule has 134 valence electrons. The third-order valence-corrected chi connectivity index (χ3v) is 5.09. The number of aryl methyl sites for hydroxylation is 2. The first-order valence-electron chi connectivity index (χ1n) is 8.56. The van der Waals surface area contributed by atoms with E-state index in [2.05, 4.69) is 15.5 Å². The largest absolute Gasteiger partial charge is 0.336 e. The average molecular weight is 371 g/mol. The molecule has 1 N–H and O–H groups in total. The van der Waals surface area contributed by atoms with Crippen molar-refractivity contribution in [3.05, 3.63) is 57.9 Å². The molecular weight excluding hydrogens is 352 g/mol. The van der Waals surface area contributed by atoms with Crippen LogP contribution in [-0.4, -0.2) is 40.6 Å². The molecule has 1 unspecified atom stereocenters. The average Bonchev–Trinajstić information content (AvgIpc) is 3.01. The number of rotatable bonds is 2. The van der Waals surface area contributed by atoms with Gasteiger partial charge >= 0.3 is 0 Å². The van der Waals surface area contributed by atoms with Crippen molar-refractivity contribution in [2.75, 3.05) is 19.6 Å². The lowest BCUT2D eigenvalue weighted by Gasteiger charge is -2.37. The Balaban J connectivity index is 1.79. The molecule has 0 bridgehead atoms. The second-order valence-electron chi connectivity index (χ2n) is 6.50. The molecule has 0 spiro atoms. The number of amides is 1. The monoisotopic (exact) mass is 370 g/mol. The molecule has 1 fully saturated rings. The van der Waals surface area contributed by atoms with Gasteiger partial charge in [0.2, 0.25) is 0 Å². The van der Waals surface area contributed by atoms with Crippen LogP contribution in [0.3, 0.4) is 0 Å². The van der Waals surface area contributed by atoms with Gasteiger partial charge < -0.3 is 14.7 Å². The molecule has 3 aromatic rings. The van der Waals surface area contributed by atoms with E-state index in [4.69, 9.17) is 16.1 Å². The quantitative estimate of drug-likeness (QED) is 0.749. The fourth-order valence-corrected chi connectivity index (χ4v) is 3.77. The Morgan fingerprint density at radius 3 is 2.96 bits per heavy atom. The molecule has 6 nitrogen and oxygen atoms in total. The minimum Gasteiger partial charge on any atom is -0.336 e. The van der Waals surface area contributed by atoms with Crippen LogP contribution in [0.4, 0.5) is 0 Å². The lowest BCUT2D eigenvalue weighted by atomic mass is 10.0. The maximum absolute atomic E-state index is 13.5. The van der Waals surface area contributed by atoms with Crippen LogP contribution < -0.4 is 5.32 Å². The van der Waals surface area contributed by atoms with Gasteiger partial charge in [-0.25, -0.2) is 4.98 Å². The van der Waals surface area contributed by atoms with Gasteiger partial charge in [-0.1, -0.05) is 35.0 Å². The van der Waals surface area contributed by atoms with Crippen LogP contribution in [0.15, 0.2) is 34.9 Å². The van der Waals surface area contributed by atoms with Gasteiger partial charge in [-0.05, 0) is 31.5 Å². The number of pyridine rings is 1. The summed E-state index contributed by atoms with van der Waals surface area (Å²) in [6.45, 7) is 5.66. The number of halogens is 1. The van der Waals surface area contributed by atoms with Crippen LogP contribution in [0.25, 0.3) is 11.1 Å². The van der Waals surface area contributed by atoms with E-state index in [-0.39, 0.29) is 11.9 Å². The van der Waals surface area contributed by atoms with Crippen LogP contribution in [0.5, 0.6) is 0 Å².